The number of carbonyl (C=O) groups excluding carboxylic acids is 1. The van der Waals surface area contributed by atoms with Gasteiger partial charge in [0.25, 0.3) is 11.5 Å². The lowest BCUT2D eigenvalue weighted by atomic mass is 10.2. The van der Waals surface area contributed by atoms with Gasteiger partial charge in [0.2, 0.25) is 5.88 Å². The third-order valence-electron chi connectivity index (χ3n) is 4.21. The Labute approximate surface area is 173 Å². The molecule has 1 amide bonds. The summed E-state index contributed by atoms with van der Waals surface area (Å²) in [5.41, 5.74) is 0.576. The third-order valence-corrected chi connectivity index (χ3v) is 4.21. The van der Waals surface area contributed by atoms with Gasteiger partial charge < -0.3 is 19.4 Å². The van der Waals surface area contributed by atoms with E-state index in [9.17, 15) is 9.59 Å². The molecular formula is C21H23N5O4. The molecule has 9 heteroatoms. The van der Waals surface area contributed by atoms with Gasteiger partial charge >= 0.3 is 0 Å². The SMILES string of the molecule is CC[C@H](C)Oc1cc(Oc2cnc(C(=O)N(C)C)cn2)cc(-c2nccc(=O)[nH]2)c1. The highest BCUT2D eigenvalue weighted by Gasteiger charge is 2.13. The molecule has 30 heavy (non-hydrogen) atoms. The molecule has 2 heterocycles. The predicted molar refractivity (Wildman–Crippen MR) is 111 cm³/mol. The Morgan fingerprint density at radius 3 is 2.53 bits per heavy atom. The first-order valence-electron chi connectivity index (χ1n) is 9.44. The number of aromatic amines is 1. The van der Waals surface area contributed by atoms with Crippen LogP contribution in [0, 0.1) is 0 Å². The van der Waals surface area contributed by atoms with Crippen molar-refractivity contribution in [2.45, 2.75) is 26.4 Å². The van der Waals surface area contributed by atoms with Crippen LogP contribution in [0.3, 0.4) is 0 Å². The second kappa shape index (κ2) is 9.17. The molecule has 0 spiro atoms. The van der Waals surface area contributed by atoms with E-state index in [1.165, 1.54) is 29.6 Å². The van der Waals surface area contributed by atoms with Crippen LogP contribution >= 0.6 is 0 Å². The zero-order valence-corrected chi connectivity index (χ0v) is 17.2. The number of amides is 1. The van der Waals surface area contributed by atoms with Gasteiger partial charge in [0.1, 0.15) is 23.0 Å². The molecule has 1 atom stereocenters. The van der Waals surface area contributed by atoms with Crippen molar-refractivity contribution in [1.82, 2.24) is 24.8 Å². The molecule has 0 bridgehead atoms. The van der Waals surface area contributed by atoms with Crippen LogP contribution in [0.2, 0.25) is 0 Å². The summed E-state index contributed by atoms with van der Waals surface area (Å²) in [4.78, 5) is 40.2. The van der Waals surface area contributed by atoms with Crippen LogP contribution in [0.15, 0.2) is 47.7 Å². The van der Waals surface area contributed by atoms with Gasteiger partial charge in [-0.15, -0.1) is 0 Å². The maximum atomic E-state index is 11.9. The first-order valence-corrected chi connectivity index (χ1v) is 9.44. The minimum Gasteiger partial charge on any atom is -0.491 e. The van der Waals surface area contributed by atoms with Crippen molar-refractivity contribution in [3.05, 3.63) is 58.9 Å². The molecule has 0 fully saturated rings. The quantitative estimate of drug-likeness (QED) is 0.639. The highest BCUT2D eigenvalue weighted by molar-refractivity contribution is 5.91. The summed E-state index contributed by atoms with van der Waals surface area (Å²) in [6.07, 6.45) is 4.98. The van der Waals surface area contributed by atoms with E-state index in [1.807, 2.05) is 13.8 Å². The first-order chi connectivity index (χ1) is 14.4. The van der Waals surface area contributed by atoms with E-state index in [0.717, 1.165) is 6.42 Å². The molecule has 0 aliphatic heterocycles. The van der Waals surface area contributed by atoms with Crippen LogP contribution in [0.1, 0.15) is 30.8 Å². The Morgan fingerprint density at radius 2 is 1.90 bits per heavy atom. The smallest absolute Gasteiger partial charge is 0.273 e. The number of hydrogen-bond acceptors (Lipinski definition) is 7. The molecule has 0 radical (unpaired) electrons. The van der Waals surface area contributed by atoms with Gasteiger partial charge in [-0.25, -0.2) is 15.0 Å². The van der Waals surface area contributed by atoms with Crippen LogP contribution in [0.5, 0.6) is 17.4 Å². The minimum atomic E-state index is -0.261. The summed E-state index contributed by atoms with van der Waals surface area (Å²) in [6, 6.07) is 6.55. The molecule has 0 unspecified atom stereocenters. The third kappa shape index (κ3) is 5.19. The number of rotatable bonds is 7. The summed E-state index contributed by atoms with van der Waals surface area (Å²) >= 11 is 0. The Kier molecular flexibility index (Phi) is 6.41. The van der Waals surface area contributed by atoms with Crippen LogP contribution in [0.25, 0.3) is 11.4 Å². The topological polar surface area (TPSA) is 110 Å². The first kappa shape index (κ1) is 21.0. The summed E-state index contributed by atoms with van der Waals surface area (Å²) in [7, 11) is 3.28. The molecule has 0 saturated heterocycles. The number of nitrogens with one attached hydrogen (secondary N) is 1. The average molecular weight is 409 g/mol. The van der Waals surface area contributed by atoms with Crippen molar-refractivity contribution in [2.75, 3.05) is 14.1 Å². The molecule has 1 N–H and O–H groups in total. The van der Waals surface area contributed by atoms with E-state index in [0.29, 0.717) is 22.9 Å². The Bertz CT molecular complexity index is 1080. The second-order valence-electron chi connectivity index (χ2n) is 6.85. The largest absolute Gasteiger partial charge is 0.491 e. The Morgan fingerprint density at radius 1 is 1.13 bits per heavy atom. The fourth-order valence-electron chi connectivity index (χ4n) is 2.50. The fourth-order valence-corrected chi connectivity index (χ4v) is 2.50. The van der Waals surface area contributed by atoms with Crippen molar-refractivity contribution in [3.63, 3.8) is 0 Å². The van der Waals surface area contributed by atoms with Gasteiger partial charge in [-0.05, 0) is 25.5 Å². The Hall–Kier alpha value is -3.75. The molecule has 9 nitrogen and oxygen atoms in total. The number of hydrogen-bond donors (Lipinski definition) is 1. The molecule has 0 saturated carbocycles. The number of ether oxygens (including phenoxy) is 2. The van der Waals surface area contributed by atoms with Crippen molar-refractivity contribution >= 4 is 5.91 Å². The molecular weight excluding hydrogens is 386 g/mol. The molecule has 3 aromatic rings. The van der Waals surface area contributed by atoms with Gasteiger partial charge in [0.15, 0.2) is 0 Å². The van der Waals surface area contributed by atoms with E-state index in [2.05, 4.69) is 19.9 Å². The molecule has 1 aromatic carbocycles. The Balaban J connectivity index is 1.93. The van der Waals surface area contributed by atoms with E-state index in [4.69, 9.17) is 9.47 Å². The number of aromatic nitrogens is 4. The number of carbonyl (C=O) groups is 1. The normalized spacial score (nSPS) is 11.6. The van der Waals surface area contributed by atoms with Crippen LogP contribution < -0.4 is 15.0 Å². The molecule has 0 aliphatic rings. The number of nitrogens with zero attached hydrogens (tertiary/aromatic N) is 4. The summed E-state index contributed by atoms with van der Waals surface area (Å²) in [5, 5.41) is 0. The lowest BCUT2D eigenvalue weighted by Gasteiger charge is -2.15. The highest BCUT2D eigenvalue weighted by Crippen LogP contribution is 2.31. The van der Waals surface area contributed by atoms with Gasteiger partial charge in [-0.3, -0.25) is 9.59 Å². The van der Waals surface area contributed by atoms with Crippen LogP contribution in [-0.2, 0) is 0 Å². The lowest BCUT2D eigenvalue weighted by Crippen LogP contribution is -2.22. The van der Waals surface area contributed by atoms with E-state index in [1.54, 1.807) is 32.3 Å². The summed E-state index contributed by atoms with van der Waals surface area (Å²) in [6.45, 7) is 3.98. The predicted octanol–water partition coefficient (Wildman–Crippen LogP) is 2.90. The molecule has 2 aromatic heterocycles. The van der Waals surface area contributed by atoms with Gasteiger partial charge in [-0.1, -0.05) is 6.92 Å². The van der Waals surface area contributed by atoms with E-state index < -0.39 is 0 Å². The highest BCUT2D eigenvalue weighted by atomic mass is 16.5. The summed E-state index contributed by atoms with van der Waals surface area (Å²) in [5.74, 6) is 1.35. The zero-order chi connectivity index (χ0) is 21.7. The molecule has 156 valence electrons. The van der Waals surface area contributed by atoms with Crippen LogP contribution in [-0.4, -0.2) is 50.9 Å². The van der Waals surface area contributed by atoms with Crippen molar-refractivity contribution in [1.29, 1.82) is 0 Å². The standard InChI is InChI=1S/C21H23N5O4/c1-5-13(2)29-15-8-14(20-22-7-6-18(27)25-20)9-16(10-15)30-19-12-23-17(11-24-19)21(28)26(3)4/h6-13H,5H2,1-4H3,(H,22,25,27)/t13-/m0/s1. The van der Waals surface area contributed by atoms with Gasteiger partial charge in [-0.2, -0.15) is 0 Å². The second-order valence-corrected chi connectivity index (χ2v) is 6.85. The lowest BCUT2D eigenvalue weighted by molar-refractivity contribution is 0.0821. The minimum absolute atomic E-state index is 0.00740. The van der Waals surface area contributed by atoms with Gasteiger partial charge in [0.05, 0.1) is 18.5 Å². The number of H-pyrrole nitrogens is 1. The zero-order valence-electron chi connectivity index (χ0n) is 17.2. The van der Waals surface area contributed by atoms with E-state index >= 15 is 0 Å². The summed E-state index contributed by atoms with van der Waals surface area (Å²) < 4.78 is 11.7. The van der Waals surface area contributed by atoms with Crippen molar-refractivity contribution in [3.8, 4) is 28.8 Å². The van der Waals surface area contributed by atoms with E-state index in [-0.39, 0.29) is 29.1 Å². The van der Waals surface area contributed by atoms with Crippen molar-refractivity contribution < 1.29 is 14.3 Å². The molecule has 0 aliphatic carbocycles. The monoisotopic (exact) mass is 409 g/mol. The fraction of sp³-hybridized carbons (Fsp3) is 0.286. The van der Waals surface area contributed by atoms with Crippen LogP contribution in [0.4, 0.5) is 0 Å². The average Bonchev–Trinajstić information content (AvgIpc) is 2.73. The maximum absolute atomic E-state index is 11.9. The van der Waals surface area contributed by atoms with Gasteiger partial charge in [0, 0.05) is 38.0 Å². The van der Waals surface area contributed by atoms with Crippen molar-refractivity contribution in [2.24, 2.45) is 0 Å². The maximum Gasteiger partial charge on any atom is 0.273 e. The number of benzene rings is 1. The molecule has 3 rings (SSSR count).